The van der Waals surface area contributed by atoms with Gasteiger partial charge in [-0.3, -0.25) is 10.1 Å². The van der Waals surface area contributed by atoms with E-state index in [1.807, 2.05) is 0 Å². The summed E-state index contributed by atoms with van der Waals surface area (Å²) >= 11 is 0. The number of nitrogens with one attached hydrogen (secondary N) is 2. The second kappa shape index (κ2) is 8.38. The average molecular weight is 449 g/mol. The molecular weight excluding hydrogens is 426 g/mol. The number of fused-ring (bicyclic) bond motifs is 1. The van der Waals surface area contributed by atoms with Gasteiger partial charge in [-0.05, 0) is 79.6 Å². The van der Waals surface area contributed by atoms with E-state index in [9.17, 15) is 19.7 Å². The van der Waals surface area contributed by atoms with E-state index in [0.29, 0.717) is 41.0 Å². The maximum Gasteiger partial charge on any atom is 0.412 e. The van der Waals surface area contributed by atoms with Crippen LogP contribution in [0.2, 0.25) is 0 Å². The number of nitrogens with zero attached hydrogens (tertiary/aromatic N) is 3. The van der Waals surface area contributed by atoms with Gasteiger partial charge in [0, 0.05) is 17.8 Å². The minimum atomic E-state index is -0.616. The molecule has 170 valence electrons. The van der Waals surface area contributed by atoms with E-state index in [1.54, 1.807) is 69.4 Å². The van der Waals surface area contributed by atoms with Crippen LogP contribution < -0.4 is 10.6 Å². The maximum absolute atomic E-state index is 12.0. The lowest BCUT2D eigenvalue weighted by molar-refractivity contribution is -0.389. The molecule has 0 fully saturated rings. The Morgan fingerprint density at radius 3 is 2.58 bits per heavy atom. The number of anilines is 1. The monoisotopic (exact) mass is 449 g/mol. The molecule has 2 heterocycles. The Morgan fingerprint density at radius 1 is 1.18 bits per heavy atom. The number of hydrogen-bond donors (Lipinski definition) is 2. The molecule has 0 spiro atoms. The number of aromatic nitrogens is 2. The molecule has 3 aromatic rings. The lowest BCUT2D eigenvalue weighted by Gasteiger charge is -2.19. The van der Waals surface area contributed by atoms with Gasteiger partial charge in [-0.15, -0.1) is 4.68 Å². The Balaban J connectivity index is 1.62. The van der Waals surface area contributed by atoms with Crippen LogP contribution in [0.1, 0.15) is 36.7 Å². The zero-order valence-corrected chi connectivity index (χ0v) is 18.4. The molecule has 1 aromatic heterocycles. The molecule has 0 atom stereocenters. The average Bonchev–Trinajstić information content (AvgIpc) is 3.19. The van der Waals surface area contributed by atoms with Crippen molar-refractivity contribution in [2.45, 2.75) is 32.8 Å². The van der Waals surface area contributed by atoms with Crippen molar-refractivity contribution in [2.24, 2.45) is 0 Å². The smallest absolute Gasteiger partial charge is 0.412 e. The van der Waals surface area contributed by atoms with Gasteiger partial charge >= 0.3 is 11.9 Å². The standard InChI is InChI=1S/C23H23N5O5/c1-23(2,3)33-22(30)25-16-5-7-17(8-6-16)27-13-19(20(26-27)28(31)32)14-4-9-18-15(12-14)10-11-24-21(18)29/h4-9,12-13H,10-11H2,1-3H3,(H,24,29)(H,25,30). The van der Waals surface area contributed by atoms with Gasteiger partial charge in [0.2, 0.25) is 0 Å². The molecule has 4 rings (SSSR count). The number of benzene rings is 2. The first-order chi connectivity index (χ1) is 15.6. The van der Waals surface area contributed by atoms with E-state index in [4.69, 9.17) is 4.74 Å². The van der Waals surface area contributed by atoms with Crippen molar-refractivity contribution in [3.8, 4) is 16.8 Å². The first-order valence-electron chi connectivity index (χ1n) is 10.4. The zero-order valence-electron chi connectivity index (χ0n) is 18.4. The Morgan fingerprint density at radius 2 is 1.91 bits per heavy atom. The predicted octanol–water partition coefficient (Wildman–Crippen LogP) is 4.08. The number of nitro groups is 1. The van der Waals surface area contributed by atoms with Crippen molar-refractivity contribution < 1.29 is 19.2 Å². The third kappa shape index (κ3) is 4.84. The van der Waals surface area contributed by atoms with E-state index >= 15 is 0 Å². The zero-order chi connectivity index (χ0) is 23.8. The van der Waals surface area contributed by atoms with Gasteiger partial charge in [0.05, 0.1) is 17.0 Å². The lowest BCUT2D eigenvalue weighted by atomic mass is 9.96. The Bertz CT molecular complexity index is 1240. The fraction of sp³-hybridized carbons (Fsp3) is 0.261. The van der Waals surface area contributed by atoms with Crippen molar-refractivity contribution in [1.29, 1.82) is 0 Å². The van der Waals surface area contributed by atoms with Crippen molar-refractivity contribution >= 4 is 23.5 Å². The molecule has 0 saturated carbocycles. The second-order valence-corrected chi connectivity index (χ2v) is 8.62. The molecule has 2 amide bonds. The molecule has 1 aliphatic rings. The molecule has 0 bridgehead atoms. The lowest BCUT2D eigenvalue weighted by Crippen LogP contribution is -2.31. The van der Waals surface area contributed by atoms with Crippen molar-refractivity contribution in [2.75, 3.05) is 11.9 Å². The van der Waals surface area contributed by atoms with Crippen LogP contribution in [0.4, 0.5) is 16.3 Å². The van der Waals surface area contributed by atoms with E-state index in [0.717, 1.165) is 5.56 Å². The topological polar surface area (TPSA) is 128 Å². The van der Waals surface area contributed by atoms with Crippen LogP contribution >= 0.6 is 0 Å². The van der Waals surface area contributed by atoms with Crippen molar-refractivity contribution in [3.05, 3.63) is 69.9 Å². The highest BCUT2D eigenvalue weighted by atomic mass is 16.6. The number of rotatable bonds is 4. The van der Waals surface area contributed by atoms with E-state index < -0.39 is 16.6 Å². The molecule has 10 heteroatoms. The summed E-state index contributed by atoms with van der Waals surface area (Å²) in [7, 11) is 0. The van der Waals surface area contributed by atoms with Crippen LogP contribution in [0.5, 0.6) is 0 Å². The van der Waals surface area contributed by atoms with Gasteiger partial charge in [0.15, 0.2) is 0 Å². The first-order valence-corrected chi connectivity index (χ1v) is 10.4. The molecule has 0 aliphatic carbocycles. The minimum absolute atomic E-state index is 0.145. The van der Waals surface area contributed by atoms with E-state index in [2.05, 4.69) is 15.7 Å². The molecule has 2 N–H and O–H groups in total. The highest BCUT2D eigenvalue weighted by molar-refractivity contribution is 5.97. The summed E-state index contributed by atoms with van der Waals surface area (Å²) in [6.45, 7) is 5.85. The van der Waals surface area contributed by atoms with Gasteiger partial charge in [-0.1, -0.05) is 6.07 Å². The van der Waals surface area contributed by atoms with Crippen LogP contribution in [0.25, 0.3) is 16.8 Å². The minimum Gasteiger partial charge on any atom is -0.444 e. The van der Waals surface area contributed by atoms with Crippen LogP contribution in [0, 0.1) is 10.1 Å². The van der Waals surface area contributed by atoms with Gasteiger partial charge in [0.25, 0.3) is 5.91 Å². The third-order valence-electron chi connectivity index (χ3n) is 4.99. The predicted molar refractivity (Wildman–Crippen MR) is 122 cm³/mol. The SMILES string of the molecule is CC(C)(C)OC(=O)Nc1ccc(-n2cc(-c3ccc4c(c3)CCNC4=O)c([N+](=O)[O-])n2)cc1. The first kappa shape index (κ1) is 22.0. The van der Waals surface area contributed by atoms with Crippen LogP contribution in [0.15, 0.2) is 48.7 Å². The molecular formula is C23H23N5O5. The van der Waals surface area contributed by atoms with Crippen LogP contribution in [-0.2, 0) is 11.2 Å². The molecule has 33 heavy (non-hydrogen) atoms. The molecule has 10 nitrogen and oxygen atoms in total. The van der Waals surface area contributed by atoms with Gasteiger partial charge in [-0.2, -0.15) is 0 Å². The number of hydrogen-bond acceptors (Lipinski definition) is 6. The normalized spacial score (nSPS) is 13.1. The van der Waals surface area contributed by atoms with Gasteiger partial charge in [0.1, 0.15) is 11.2 Å². The van der Waals surface area contributed by atoms with Crippen molar-refractivity contribution in [1.82, 2.24) is 15.1 Å². The van der Waals surface area contributed by atoms with Gasteiger partial charge < -0.3 is 20.2 Å². The summed E-state index contributed by atoms with van der Waals surface area (Å²) in [6.07, 6.45) is 1.66. The highest BCUT2D eigenvalue weighted by Crippen LogP contribution is 2.32. The van der Waals surface area contributed by atoms with Gasteiger partial charge in [-0.25, -0.2) is 4.79 Å². The number of carbonyl (C=O) groups is 2. The summed E-state index contributed by atoms with van der Waals surface area (Å²) in [4.78, 5) is 35.1. The van der Waals surface area contributed by atoms with E-state index in [-0.39, 0.29) is 11.7 Å². The number of amides is 2. The van der Waals surface area contributed by atoms with E-state index in [1.165, 1.54) is 4.68 Å². The fourth-order valence-electron chi connectivity index (χ4n) is 3.55. The maximum atomic E-state index is 12.0. The summed E-state index contributed by atoms with van der Waals surface area (Å²) in [6, 6.07) is 11.8. The number of carbonyl (C=O) groups excluding carboxylic acids is 2. The number of ether oxygens (including phenoxy) is 1. The largest absolute Gasteiger partial charge is 0.444 e. The molecule has 0 radical (unpaired) electrons. The Labute approximate surface area is 189 Å². The summed E-state index contributed by atoms with van der Waals surface area (Å²) in [5.74, 6) is -0.431. The Kier molecular flexibility index (Phi) is 5.59. The van der Waals surface area contributed by atoms with Crippen molar-refractivity contribution in [3.63, 3.8) is 0 Å². The Hall–Kier alpha value is -4.21. The molecule has 0 unspecified atom stereocenters. The molecule has 1 aliphatic heterocycles. The quantitative estimate of drug-likeness (QED) is 0.456. The summed E-state index contributed by atoms with van der Waals surface area (Å²) < 4.78 is 6.64. The third-order valence-corrected chi connectivity index (χ3v) is 4.99. The van der Waals surface area contributed by atoms with Crippen LogP contribution in [0.3, 0.4) is 0 Å². The molecule has 0 saturated heterocycles. The fourth-order valence-corrected chi connectivity index (χ4v) is 3.55. The summed E-state index contributed by atoms with van der Waals surface area (Å²) in [5, 5.41) is 21.2. The molecule has 2 aromatic carbocycles. The highest BCUT2D eigenvalue weighted by Gasteiger charge is 2.25. The second-order valence-electron chi connectivity index (χ2n) is 8.62. The van der Waals surface area contributed by atoms with Crippen LogP contribution in [-0.4, -0.2) is 38.9 Å². The summed E-state index contributed by atoms with van der Waals surface area (Å²) in [5.41, 5.74) is 2.87.